The van der Waals surface area contributed by atoms with Crippen LogP contribution < -0.4 is 0 Å². The molecule has 0 bridgehead atoms. The van der Waals surface area contributed by atoms with Crippen molar-refractivity contribution in [3.05, 3.63) is 73.9 Å². The van der Waals surface area contributed by atoms with Gasteiger partial charge in [-0.3, -0.25) is 0 Å². The van der Waals surface area contributed by atoms with E-state index in [9.17, 15) is 0 Å². The maximum absolute atomic E-state index is 2.43. The number of nitrogens with zero attached hydrogens (tertiary/aromatic N) is 1. The van der Waals surface area contributed by atoms with Crippen LogP contribution in [0, 0.1) is 7.14 Å². The Kier molecular flexibility index (Phi) is 3.41. The molecule has 1 heterocycles. The minimum absolute atomic E-state index is 1.24. The summed E-state index contributed by atoms with van der Waals surface area (Å²) in [5.74, 6) is 0. The zero-order valence-corrected chi connectivity index (χ0v) is 15.4. The molecule has 0 aliphatic rings. The van der Waals surface area contributed by atoms with Gasteiger partial charge in [-0.05, 0) is 69.4 Å². The van der Waals surface area contributed by atoms with Gasteiger partial charge in [0.05, 0.1) is 16.7 Å². The molecule has 3 aromatic carbocycles. The number of aromatic nitrogens is 1. The Morgan fingerprint density at radius 1 is 0.619 bits per heavy atom. The third-order valence-corrected chi connectivity index (χ3v) is 5.52. The maximum Gasteiger partial charge on any atom is 0.0674 e. The molecule has 0 radical (unpaired) electrons. The molecule has 21 heavy (non-hydrogen) atoms. The standard InChI is InChI=1S/C18H11I2N/c19-14-8-2-4-11-17(14)21-16-10-3-1-6-12(16)13-7-5-9-15(20)18(13)21/h1-11H. The molecule has 0 aliphatic heterocycles. The SMILES string of the molecule is Ic1ccccc1-n1c2ccccc2c2cccc(I)c21. The van der Waals surface area contributed by atoms with Gasteiger partial charge in [-0.1, -0.05) is 42.5 Å². The molecule has 102 valence electrons. The molecule has 0 N–H and O–H groups in total. The van der Waals surface area contributed by atoms with Crippen molar-refractivity contribution in [1.82, 2.24) is 4.57 Å². The fraction of sp³-hybridized carbons (Fsp3) is 0. The monoisotopic (exact) mass is 495 g/mol. The molecular weight excluding hydrogens is 484 g/mol. The van der Waals surface area contributed by atoms with Crippen LogP contribution in [0.1, 0.15) is 0 Å². The second-order valence-corrected chi connectivity index (χ2v) is 7.26. The minimum atomic E-state index is 1.24. The molecule has 0 fully saturated rings. The van der Waals surface area contributed by atoms with Gasteiger partial charge in [0, 0.05) is 17.9 Å². The third-order valence-electron chi connectivity index (χ3n) is 3.74. The van der Waals surface area contributed by atoms with Gasteiger partial charge < -0.3 is 4.57 Å². The second kappa shape index (κ2) is 5.28. The number of halogens is 2. The zero-order chi connectivity index (χ0) is 14.4. The summed E-state index contributed by atoms with van der Waals surface area (Å²) in [5, 5.41) is 2.63. The Morgan fingerprint density at radius 2 is 1.29 bits per heavy atom. The molecule has 0 unspecified atom stereocenters. The van der Waals surface area contributed by atoms with Gasteiger partial charge in [-0.25, -0.2) is 0 Å². The van der Waals surface area contributed by atoms with E-state index in [1.807, 2.05) is 0 Å². The molecule has 3 heteroatoms. The molecule has 4 aromatic rings. The van der Waals surface area contributed by atoms with Gasteiger partial charge in [0.15, 0.2) is 0 Å². The number of fused-ring (bicyclic) bond motifs is 3. The lowest BCUT2D eigenvalue weighted by molar-refractivity contribution is 1.16. The molecule has 1 aromatic heterocycles. The molecule has 0 spiro atoms. The molecule has 1 nitrogen and oxygen atoms in total. The van der Waals surface area contributed by atoms with E-state index in [1.165, 1.54) is 34.6 Å². The van der Waals surface area contributed by atoms with Crippen molar-refractivity contribution < 1.29 is 0 Å². The minimum Gasteiger partial charge on any atom is -0.307 e. The Bertz CT molecular complexity index is 969. The quantitative estimate of drug-likeness (QED) is 0.286. The lowest BCUT2D eigenvalue weighted by Gasteiger charge is -2.10. The van der Waals surface area contributed by atoms with E-state index < -0.39 is 0 Å². The van der Waals surface area contributed by atoms with E-state index in [2.05, 4.69) is 116 Å². The first kappa shape index (κ1) is 13.6. The van der Waals surface area contributed by atoms with E-state index in [1.54, 1.807) is 0 Å². The molecule has 0 aliphatic carbocycles. The fourth-order valence-electron chi connectivity index (χ4n) is 2.86. The van der Waals surface area contributed by atoms with Crippen molar-refractivity contribution in [2.75, 3.05) is 0 Å². The zero-order valence-electron chi connectivity index (χ0n) is 11.1. The van der Waals surface area contributed by atoms with E-state index in [4.69, 9.17) is 0 Å². The van der Waals surface area contributed by atoms with Crippen LogP contribution in [-0.2, 0) is 0 Å². The number of benzene rings is 3. The van der Waals surface area contributed by atoms with Crippen molar-refractivity contribution in [3.8, 4) is 5.69 Å². The highest BCUT2D eigenvalue weighted by Crippen LogP contribution is 2.35. The molecule has 0 saturated carbocycles. The van der Waals surface area contributed by atoms with Crippen LogP contribution in [0.5, 0.6) is 0 Å². The smallest absolute Gasteiger partial charge is 0.0674 e. The van der Waals surface area contributed by atoms with Gasteiger partial charge in [-0.2, -0.15) is 0 Å². The van der Waals surface area contributed by atoms with Gasteiger partial charge >= 0.3 is 0 Å². The first-order chi connectivity index (χ1) is 10.3. The largest absolute Gasteiger partial charge is 0.307 e. The third kappa shape index (κ3) is 2.09. The Labute approximate surface area is 150 Å². The van der Waals surface area contributed by atoms with Crippen molar-refractivity contribution in [2.24, 2.45) is 0 Å². The lowest BCUT2D eigenvalue weighted by atomic mass is 10.2. The topological polar surface area (TPSA) is 4.93 Å². The van der Waals surface area contributed by atoms with Gasteiger partial charge in [-0.15, -0.1) is 0 Å². The van der Waals surface area contributed by atoms with E-state index >= 15 is 0 Å². The summed E-state index contributed by atoms with van der Waals surface area (Å²) in [6.45, 7) is 0. The van der Waals surface area contributed by atoms with E-state index in [0.717, 1.165) is 0 Å². The Morgan fingerprint density at radius 3 is 2.14 bits per heavy atom. The summed E-state index contributed by atoms with van der Waals surface area (Å²) in [6.07, 6.45) is 0. The maximum atomic E-state index is 2.43. The second-order valence-electron chi connectivity index (χ2n) is 4.94. The molecular formula is C18H11I2N. The molecule has 0 saturated heterocycles. The van der Waals surface area contributed by atoms with Crippen molar-refractivity contribution in [3.63, 3.8) is 0 Å². The van der Waals surface area contributed by atoms with Crippen LogP contribution in [0.3, 0.4) is 0 Å². The summed E-state index contributed by atoms with van der Waals surface area (Å²) in [4.78, 5) is 0. The number of para-hydroxylation sites is 3. The Balaban J connectivity index is 2.28. The highest BCUT2D eigenvalue weighted by atomic mass is 127. The average molecular weight is 495 g/mol. The van der Waals surface area contributed by atoms with Crippen molar-refractivity contribution in [1.29, 1.82) is 0 Å². The predicted octanol–water partition coefficient (Wildman–Crippen LogP) is 5.99. The number of hydrogen-bond donors (Lipinski definition) is 0. The first-order valence-corrected chi connectivity index (χ1v) is 8.86. The van der Waals surface area contributed by atoms with Crippen LogP contribution in [0.2, 0.25) is 0 Å². The molecule has 0 amide bonds. The summed E-state index contributed by atoms with van der Waals surface area (Å²) in [6, 6.07) is 23.7. The average Bonchev–Trinajstić information content (AvgIpc) is 2.84. The van der Waals surface area contributed by atoms with E-state index in [0.29, 0.717) is 0 Å². The van der Waals surface area contributed by atoms with Crippen LogP contribution >= 0.6 is 45.2 Å². The molecule has 4 rings (SSSR count). The fourth-order valence-corrected chi connectivity index (χ4v) is 4.23. The summed E-state index contributed by atoms with van der Waals surface area (Å²) < 4.78 is 4.92. The Hall–Kier alpha value is -1.08. The van der Waals surface area contributed by atoms with Crippen molar-refractivity contribution in [2.45, 2.75) is 0 Å². The normalized spacial score (nSPS) is 11.3. The van der Waals surface area contributed by atoms with Crippen molar-refractivity contribution >= 4 is 67.0 Å². The first-order valence-electron chi connectivity index (χ1n) is 6.70. The van der Waals surface area contributed by atoms with Crippen LogP contribution in [0.25, 0.3) is 27.5 Å². The predicted molar refractivity (Wildman–Crippen MR) is 106 cm³/mol. The van der Waals surface area contributed by atoms with Crippen LogP contribution in [0.4, 0.5) is 0 Å². The van der Waals surface area contributed by atoms with Gasteiger partial charge in [0.1, 0.15) is 0 Å². The highest BCUT2D eigenvalue weighted by Gasteiger charge is 2.15. The summed E-state index contributed by atoms with van der Waals surface area (Å²) >= 11 is 4.85. The number of rotatable bonds is 1. The van der Waals surface area contributed by atoms with Gasteiger partial charge in [0.2, 0.25) is 0 Å². The van der Waals surface area contributed by atoms with Crippen LogP contribution in [-0.4, -0.2) is 4.57 Å². The summed E-state index contributed by atoms with van der Waals surface area (Å²) in [5.41, 5.74) is 3.80. The van der Waals surface area contributed by atoms with Crippen LogP contribution in [0.15, 0.2) is 66.7 Å². The van der Waals surface area contributed by atoms with Gasteiger partial charge in [0.25, 0.3) is 0 Å². The highest BCUT2D eigenvalue weighted by molar-refractivity contribution is 14.1. The lowest BCUT2D eigenvalue weighted by Crippen LogP contribution is -1.97. The van der Waals surface area contributed by atoms with E-state index in [-0.39, 0.29) is 0 Å². The summed E-state index contributed by atoms with van der Waals surface area (Å²) in [7, 11) is 0. The molecule has 0 atom stereocenters. The number of hydrogen-bond acceptors (Lipinski definition) is 0.